The zero-order valence-electron chi connectivity index (χ0n) is 13.0. The largest absolute Gasteiger partial charge is 0.364 e. The van der Waals surface area contributed by atoms with Crippen molar-refractivity contribution in [3.05, 3.63) is 29.7 Å². The molecule has 0 aromatic carbocycles. The van der Waals surface area contributed by atoms with Crippen molar-refractivity contribution >= 4 is 42.6 Å². The lowest BCUT2D eigenvalue weighted by Crippen LogP contribution is -2.30. The molecule has 0 bridgehead atoms. The number of carbonyl (C=O) groups is 1. The summed E-state index contributed by atoms with van der Waals surface area (Å²) in [7, 11) is 0. The van der Waals surface area contributed by atoms with E-state index in [1.807, 2.05) is 0 Å². The Balaban J connectivity index is 0.00000288. The second kappa shape index (κ2) is 11.1. The molecule has 1 amide bonds. The highest BCUT2D eigenvalue weighted by Gasteiger charge is 2.25. The van der Waals surface area contributed by atoms with Crippen molar-refractivity contribution in [2.24, 2.45) is 0 Å². The second-order valence-electron chi connectivity index (χ2n) is 5.19. The third kappa shape index (κ3) is 7.47. The predicted molar refractivity (Wildman–Crippen MR) is 92.1 cm³/mol. The average Bonchev–Trinajstić information content (AvgIpc) is 2.93. The van der Waals surface area contributed by atoms with Crippen LogP contribution in [0.15, 0.2) is 18.3 Å². The Kier molecular flexibility index (Phi) is 10.4. The number of hydroxylamine groups is 1. The van der Waals surface area contributed by atoms with Crippen LogP contribution in [0.2, 0.25) is 0 Å². The van der Waals surface area contributed by atoms with E-state index in [4.69, 9.17) is 5.21 Å². The summed E-state index contributed by atoms with van der Waals surface area (Å²) in [6, 6.07) is 1.04. The number of hydrogen-bond donors (Lipinski definition) is 3. The van der Waals surface area contributed by atoms with Gasteiger partial charge < -0.3 is 5.32 Å². The lowest BCUT2D eigenvalue weighted by molar-refractivity contribution is -0.124. The fourth-order valence-corrected chi connectivity index (χ4v) is 2.36. The van der Waals surface area contributed by atoms with E-state index in [1.54, 1.807) is 4.90 Å². The number of likely N-dealkylation sites (tertiary alicyclic amines) is 1. The minimum absolute atomic E-state index is 0. The third-order valence-electron chi connectivity index (χ3n) is 3.41. The molecule has 0 unspecified atom stereocenters. The topological polar surface area (TPSA) is 77.5 Å². The van der Waals surface area contributed by atoms with E-state index in [1.165, 1.54) is 23.8 Å². The molecule has 1 saturated heterocycles. The molecule has 11 heteroatoms. The van der Waals surface area contributed by atoms with Crippen LogP contribution in [0, 0.1) is 5.82 Å². The molecule has 0 aliphatic carbocycles. The number of nitrogens with zero attached hydrogens (tertiary/aromatic N) is 2. The van der Waals surface area contributed by atoms with Crippen LogP contribution in [0.4, 0.5) is 19.0 Å². The zero-order chi connectivity index (χ0) is 16.8. The van der Waals surface area contributed by atoms with Gasteiger partial charge in [0, 0.05) is 31.4 Å². The number of anilines is 1. The van der Waals surface area contributed by atoms with Gasteiger partial charge in [0.2, 0.25) is 0 Å². The highest BCUT2D eigenvalue weighted by molar-refractivity contribution is 5.90. The third-order valence-corrected chi connectivity index (χ3v) is 3.41. The number of halogens is 5. The molecule has 25 heavy (non-hydrogen) atoms. The highest BCUT2D eigenvalue weighted by atomic mass is 35.5. The van der Waals surface area contributed by atoms with Gasteiger partial charge in [0.05, 0.1) is 6.54 Å². The maximum atomic E-state index is 14.0. The van der Waals surface area contributed by atoms with Gasteiger partial charge in [-0.2, -0.15) is 0 Å². The normalized spacial score (nSPS) is 17.2. The summed E-state index contributed by atoms with van der Waals surface area (Å²) in [5, 5.41) is 11.2. The number of pyridine rings is 1. The zero-order valence-corrected chi connectivity index (χ0v) is 14.6. The molecular weight excluding hydrogens is 384 g/mol. The minimum atomic E-state index is -2.38. The van der Waals surface area contributed by atoms with Crippen LogP contribution in [0.5, 0.6) is 0 Å². The van der Waals surface area contributed by atoms with Crippen LogP contribution in [0.1, 0.15) is 12.0 Å². The van der Waals surface area contributed by atoms with Gasteiger partial charge >= 0.3 is 0 Å². The second-order valence-corrected chi connectivity index (χ2v) is 5.19. The summed E-state index contributed by atoms with van der Waals surface area (Å²) in [6.45, 7) is 0.648. The first-order valence-corrected chi connectivity index (χ1v) is 7.02. The van der Waals surface area contributed by atoms with Gasteiger partial charge in [-0.05, 0) is 24.1 Å². The molecular formula is C14H19Cl2F3N4O2. The quantitative estimate of drug-likeness (QED) is 0.386. The molecule has 1 aromatic heterocycles. The number of carbonyl (C=O) groups excluding carboxylic acids is 1. The Bertz CT molecular complexity index is 593. The molecule has 1 aliphatic heterocycles. The molecule has 142 valence electrons. The number of nitrogens with one attached hydrogen (secondary N) is 2. The number of rotatable bonds is 6. The van der Waals surface area contributed by atoms with Gasteiger partial charge in [-0.25, -0.2) is 23.6 Å². The Morgan fingerprint density at radius 3 is 2.80 bits per heavy atom. The molecule has 1 aromatic rings. The first kappa shape index (κ1) is 23.4. The van der Waals surface area contributed by atoms with Gasteiger partial charge in [0.15, 0.2) is 11.6 Å². The lowest BCUT2D eigenvalue weighted by atomic mass is 10.2. The number of hydrogen-bond acceptors (Lipinski definition) is 5. The summed E-state index contributed by atoms with van der Waals surface area (Å²) < 4.78 is 38.6. The smallest absolute Gasteiger partial charge is 0.267 e. The summed E-state index contributed by atoms with van der Waals surface area (Å²) in [4.78, 5) is 16.4. The summed E-state index contributed by atoms with van der Waals surface area (Å²) in [6.07, 6.45) is 1.93. The van der Waals surface area contributed by atoms with Crippen molar-refractivity contribution in [2.75, 3.05) is 25.0 Å². The van der Waals surface area contributed by atoms with E-state index in [0.29, 0.717) is 25.1 Å². The van der Waals surface area contributed by atoms with Crippen molar-refractivity contribution in [1.29, 1.82) is 0 Å². The summed E-state index contributed by atoms with van der Waals surface area (Å²) in [5.74, 6) is -1.31. The lowest BCUT2D eigenvalue weighted by Gasteiger charge is -2.16. The van der Waals surface area contributed by atoms with Crippen molar-refractivity contribution in [2.45, 2.75) is 18.9 Å². The van der Waals surface area contributed by atoms with E-state index < -0.39 is 18.1 Å². The van der Waals surface area contributed by atoms with Gasteiger partial charge in [-0.3, -0.25) is 14.9 Å². The molecule has 2 heterocycles. The van der Waals surface area contributed by atoms with E-state index >= 15 is 0 Å². The van der Waals surface area contributed by atoms with Gasteiger partial charge in [0.25, 0.3) is 12.3 Å². The van der Waals surface area contributed by atoms with Crippen LogP contribution in [-0.4, -0.2) is 53.1 Å². The first-order valence-electron chi connectivity index (χ1n) is 7.02. The highest BCUT2D eigenvalue weighted by Crippen LogP contribution is 2.18. The van der Waals surface area contributed by atoms with E-state index in [2.05, 4.69) is 10.3 Å². The summed E-state index contributed by atoms with van der Waals surface area (Å²) in [5.41, 5.74) is 1.77. The monoisotopic (exact) mass is 402 g/mol. The molecule has 1 aliphatic rings. The predicted octanol–water partition coefficient (Wildman–Crippen LogP) is 2.33. The number of alkyl halides is 2. The van der Waals surface area contributed by atoms with E-state index in [-0.39, 0.29) is 43.2 Å². The molecule has 0 saturated carbocycles. The molecule has 2 rings (SSSR count). The van der Waals surface area contributed by atoms with Crippen molar-refractivity contribution in [1.82, 2.24) is 15.4 Å². The maximum Gasteiger partial charge on any atom is 0.267 e. The molecule has 1 atom stereocenters. The van der Waals surface area contributed by atoms with Gasteiger partial charge in [-0.15, -0.1) is 24.8 Å². The fourth-order valence-electron chi connectivity index (χ4n) is 2.36. The number of amides is 1. The van der Waals surface area contributed by atoms with Crippen LogP contribution >= 0.6 is 24.8 Å². The molecule has 6 nitrogen and oxygen atoms in total. The Morgan fingerprint density at radius 1 is 1.48 bits per heavy atom. The van der Waals surface area contributed by atoms with Crippen molar-refractivity contribution < 1.29 is 23.2 Å². The van der Waals surface area contributed by atoms with E-state index in [0.717, 1.165) is 6.08 Å². The van der Waals surface area contributed by atoms with Gasteiger partial charge in [-0.1, -0.05) is 0 Å². The van der Waals surface area contributed by atoms with Crippen LogP contribution in [0.3, 0.4) is 0 Å². The average molecular weight is 403 g/mol. The Morgan fingerprint density at radius 2 is 2.20 bits per heavy atom. The molecule has 1 fully saturated rings. The summed E-state index contributed by atoms with van der Waals surface area (Å²) >= 11 is 0. The SMILES string of the molecule is Cl.Cl.O=C(/C=C/c1cnc(N[C@@H]2CCN(CC(F)F)C2)c(F)c1)NO. The Hall–Kier alpha value is -1.55. The maximum absolute atomic E-state index is 14.0. The van der Waals surface area contributed by atoms with Crippen LogP contribution < -0.4 is 10.8 Å². The molecule has 0 spiro atoms. The van der Waals surface area contributed by atoms with Crippen LogP contribution in [-0.2, 0) is 4.79 Å². The number of aromatic nitrogens is 1. The van der Waals surface area contributed by atoms with E-state index in [9.17, 15) is 18.0 Å². The van der Waals surface area contributed by atoms with Crippen molar-refractivity contribution in [3.8, 4) is 0 Å². The van der Waals surface area contributed by atoms with Crippen molar-refractivity contribution in [3.63, 3.8) is 0 Å². The minimum Gasteiger partial charge on any atom is -0.364 e. The standard InChI is InChI=1S/C14H17F3N4O2.2ClH/c15-11-5-9(1-2-13(22)20-23)6-18-14(11)19-10-3-4-21(7-10)8-12(16)17;;/h1-2,5-6,10,12,23H,3-4,7-8H2,(H,18,19)(H,20,22);2*1H/b2-1+;;/t10-;;/m1../s1. The molecule has 3 N–H and O–H groups in total. The van der Waals surface area contributed by atoms with Gasteiger partial charge in [0.1, 0.15) is 0 Å². The Labute approximate surface area is 155 Å². The first-order chi connectivity index (χ1) is 11.0. The molecule has 0 radical (unpaired) electrons. The van der Waals surface area contributed by atoms with Crippen LogP contribution in [0.25, 0.3) is 6.08 Å². The fraction of sp³-hybridized carbons (Fsp3) is 0.429.